The maximum Gasteiger partial charge on any atom is 0.329 e. The summed E-state index contributed by atoms with van der Waals surface area (Å²) in [7, 11) is 0. The minimum Gasteiger partial charge on any atom is -0.489 e. The molecule has 0 radical (unpaired) electrons. The van der Waals surface area contributed by atoms with Gasteiger partial charge in [0.1, 0.15) is 12.4 Å². The van der Waals surface area contributed by atoms with Crippen molar-refractivity contribution in [2.45, 2.75) is 6.61 Å². The second kappa shape index (κ2) is 10.1. The Balaban J connectivity index is 1.47. The molecule has 0 aromatic heterocycles. The molecule has 0 heterocycles. The maximum atomic E-state index is 12.0. The van der Waals surface area contributed by atoms with Gasteiger partial charge in [-0.2, -0.15) is 5.10 Å². The van der Waals surface area contributed by atoms with E-state index in [1.54, 1.807) is 48.5 Å². The lowest BCUT2D eigenvalue weighted by molar-refractivity contribution is -0.136. The Morgan fingerprint density at radius 2 is 1.69 bits per heavy atom. The molecule has 0 spiro atoms. The summed E-state index contributed by atoms with van der Waals surface area (Å²) in [6.07, 6.45) is 1.40. The van der Waals surface area contributed by atoms with Crippen LogP contribution in [0.25, 0.3) is 0 Å². The van der Waals surface area contributed by atoms with Crippen molar-refractivity contribution in [3.05, 3.63) is 95.0 Å². The number of nitrogens with zero attached hydrogens (tertiary/aromatic N) is 1. The number of hydrogen-bond donors (Lipinski definition) is 2. The second-order valence-corrected chi connectivity index (χ2v) is 6.44. The summed E-state index contributed by atoms with van der Waals surface area (Å²) >= 11 is 5.87. The van der Waals surface area contributed by atoms with Gasteiger partial charge < -0.3 is 10.1 Å². The number of anilines is 1. The molecule has 0 atom stereocenters. The lowest BCUT2D eigenvalue weighted by atomic mass is 10.2. The number of carbonyl (C=O) groups is 2. The molecule has 0 aliphatic carbocycles. The van der Waals surface area contributed by atoms with Crippen LogP contribution in [0.5, 0.6) is 5.75 Å². The molecule has 7 heteroatoms. The molecule has 2 N–H and O–H groups in total. The van der Waals surface area contributed by atoms with Crippen molar-refractivity contribution >= 4 is 35.3 Å². The first-order chi connectivity index (χ1) is 14.1. The average Bonchev–Trinajstić information content (AvgIpc) is 2.74. The van der Waals surface area contributed by atoms with Crippen molar-refractivity contribution in [1.29, 1.82) is 0 Å². The highest BCUT2D eigenvalue weighted by Crippen LogP contribution is 2.17. The lowest BCUT2D eigenvalue weighted by Gasteiger charge is -2.08. The van der Waals surface area contributed by atoms with E-state index in [0.717, 1.165) is 5.56 Å². The van der Waals surface area contributed by atoms with E-state index in [0.29, 0.717) is 28.6 Å². The van der Waals surface area contributed by atoms with Crippen molar-refractivity contribution in [3.63, 3.8) is 0 Å². The van der Waals surface area contributed by atoms with E-state index in [9.17, 15) is 9.59 Å². The molecule has 0 fully saturated rings. The lowest BCUT2D eigenvalue weighted by Crippen LogP contribution is -2.32. The Labute approximate surface area is 173 Å². The minimum atomic E-state index is -0.882. The van der Waals surface area contributed by atoms with E-state index < -0.39 is 11.8 Å². The molecule has 0 aliphatic heterocycles. The summed E-state index contributed by atoms with van der Waals surface area (Å²) in [5.41, 5.74) is 4.39. The zero-order valence-corrected chi connectivity index (χ0v) is 16.1. The molecule has 0 saturated carbocycles. The van der Waals surface area contributed by atoms with Gasteiger partial charge in [0.05, 0.1) is 6.21 Å². The molecule has 0 bridgehead atoms. The summed E-state index contributed by atoms with van der Waals surface area (Å²) in [6, 6.07) is 23.5. The van der Waals surface area contributed by atoms with Gasteiger partial charge >= 0.3 is 11.8 Å². The number of halogens is 1. The maximum absolute atomic E-state index is 12.0. The molecule has 29 heavy (non-hydrogen) atoms. The van der Waals surface area contributed by atoms with Crippen molar-refractivity contribution in [2.75, 3.05) is 5.32 Å². The van der Waals surface area contributed by atoms with Gasteiger partial charge in [-0.25, -0.2) is 5.43 Å². The predicted octanol–water partition coefficient (Wildman–Crippen LogP) is 4.01. The fourth-order valence-corrected chi connectivity index (χ4v) is 2.57. The molecule has 2 amide bonds. The second-order valence-electron chi connectivity index (χ2n) is 6.01. The number of nitrogens with one attached hydrogen (secondary N) is 2. The largest absolute Gasteiger partial charge is 0.489 e. The Morgan fingerprint density at radius 1 is 0.931 bits per heavy atom. The highest BCUT2D eigenvalue weighted by atomic mass is 35.5. The third kappa shape index (κ3) is 6.48. The first-order valence-corrected chi connectivity index (χ1v) is 9.15. The molecule has 6 nitrogen and oxygen atoms in total. The van der Waals surface area contributed by atoms with Crippen LogP contribution in [0.4, 0.5) is 5.69 Å². The summed E-state index contributed by atoms with van der Waals surface area (Å²) in [4.78, 5) is 23.8. The number of rotatable bonds is 6. The Kier molecular flexibility index (Phi) is 6.97. The number of benzene rings is 3. The van der Waals surface area contributed by atoms with Gasteiger partial charge in [-0.15, -0.1) is 0 Å². The molecule has 3 rings (SSSR count). The van der Waals surface area contributed by atoms with Crippen molar-refractivity contribution in [2.24, 2.45) is 5.10 Å². The van der Waals surface area contributed by atoms with E-state index in [-0.39, 0.29) is 0 Å². The van der Waals surface area contributed by atoms with Gasteiger partial charge in [0.25, 0.3) is 0 Å². The topological polar surface area (TPSA) is 79.8 Å². The van der Waals surface area contributed by atoms with Gasteiger partial charge in [0.15, 0.2) is 0 Å². The van der Waals surface area contributed by atoms with Crippen molar-refractivity contribution < 1.29 is 14.3 Å². The fourth-order valence-electron chi connectivity index (χ4n) is 2.37. The highest BCUT2D eigenvalue weighted by molar-refractivity contribution is 6.39. The first-order valence-electron chi connectivity index (χ1n) is 8.77. The van der Waals surface area contributed by atoms with Crippen molar-refractivity contribution in [1.82, 2.24) is 5.43 Å². The first kappa shape index (κ1) is 20.1. The van der Waals surface area contributed by atoms with Gasteiger partial charge in [-0.3, -0.25) is 9.59 Å². The van der Waals surface area contributed by atoms with Gasteiger partial charge in [0.2, 0.25) is 0 Å². The van der Waals surface area contributed by atoms with Gasteiger partial charge in [-0.1, -0.05) is 54.1 Å². The minimum absolute atomic E-state index is 0.444. The highest BCUT2D eigenvalue weighted by Gasteiger charge is 2.12. The van der Waals surface area contributed by atoms with Crippen LogP contribution in [0.3, 0.4) is 0 Å². The fraction of sp³-hybridized carbons (Fsp3) is 0.0455. The third-order valence-corrected chi connectivity index (χ3v) is 4.03. The van der Waals surface area contributed by atoms with Crippen LogP contribution >= 0.6 is 11.6 Å². The Hall–Kier alpha value is -3.64. The smallest absolute Gasteiger partial charge is 0.329 e. The SMILES string of the molecule is O=C(N/N=C\c1cccc(Cl)c1)C(=O)Nc1ccc(OCc2ccccc2)cc1. The number of hydrazone groups is 1. The summed E-state index contributed by atoms with van der Waals surface area (Å²) in [5.74, 6) is -1.05. The molecule has 0 unspecified atom stereocenters. The molecular weight excluding hydrogens is 390 g/mol. The average molecular weight is 408 g/mol. The van der Waals surface area contributed by atoms with Crippen LogP contribution < -0.4 is 15.5 Å². The van der Waals surface area contributed by atoms with E-state index in [1.807, 2.05) is 30.3 Å². The normalized spacial score (nSPS) is 10.5. The summed E-state index contributed by atoms with van der Waals surface area (Å²) < 4.78 is 5.68. The van der Waals surface area contributed by atoms with Crippen molar-refractivity contribution in [3.8, 4) is 5.75 Å². The van der Waals surface area contributed by atoms with Crippen LogP contribution in [0, 0.1) is 0 Å². The van der Waals surface area contributed by atoms with E-state index in [1.165, 1.54) is 6.21 Å². The van der Waals surface area contributed by atoms with Crippen LogP contribution in [-0.4, -0.2) is 18.0 Å². The molecular formula is C22H18ClN3O3. The third-order valence-electron chi connectivity index (χ3n) is 3.80. The zero-order chi connectivity index (χ0) is 20.5. The Bertz CT molecular complexity index is 1010. The van der Waals surface area contributed by atoms with E-state index >= 15 is 0 Å². The standard InChI is InChI=1S/C22H18ClN3O3/c23-18-8-4-7-17(13-18)14-24-26-22(28)21(27)25-19-9-11-20(12-10-19)29-15-16-5-2-1-3-6-16/h1-14H,15H2,(H,25,27)(H,26,28)/b24-14-. The molecule has 3 aromatic rings. The van der Waals surface area contributed by atoms with Crippen LogP contribution in [0.1, 0.15) is 11.1 Å². The summed E-state index contributed by atoms with van der Waals surface area (Å²) in [5, 5.41) is 6.80. The van der Waals surface area contributed by atoms with Gasteiger partial charge in [-0.05, 0) is 47.5 Å². The number of hydrogen-bond acceptors (Lipinski definition) is 4. The van der Waals surface area contributed by atoms with Crippen LogP contribution in [-0.2, 0) is 16.2 Å². The molecule has 0 aliphatic rings. The van der Waals surface area contributed by atoms with E-state index in [2.05, 4.69) is 15.8 Å². The molecule has 3 aromatic carbocycles. The summed E-state index contributed by atoms with van der Waals surface area (Å²) in [6.45, 7) is 0.444. The number of ether oxygens (including phenoxy) is 1. The predicted molar refractivity (Wildman–Crippen MR) is 113 cm³/mol. The van der Waals surface area contributed by atoms with Gasteiger partial charge in [0, 0.05) is 10.7 Å². The van der Waals surface area contributed by atoms with Crippen LogP contribution in [0.2, 0.25) is 5.02 Å². The number of amides is 2. The Morgan fingerprint density at radius 3 is 2.41 bits per heavy atom. The van der Waals surface area contributed by atoms with E-state index in [4.69, 9.17) is 16.3 Å². The molecule has 0 saturated heterocycles. The monoisotopic (exact) mass is 407 g/mol. The quantitative estimate of drug-likeness (QED) is 0.368. The van der Waals surface area contributed by atoms with Crippen LogP contribution in [0.15, 0.2) is 84.0 Å². The number of carbonyl (C=O) groups excluding carboxylic acids is 2. The zero-order valence-electron chi connectivity index (χ0n) is 15.3. The molecule has 146 valence electrons.